The zero-order chi connectivity index (χ0) is 7.91. The van der Waals surface area contributed by atoms with Crippen molar-refractivity contribution in [3.05, 3.63) is 0 Å². The Balaban J connectivity index is 0. The van der Waals surface area contributed by atoms with Crippen LogP contribution in [0, 0.1) is 12.0 Å². The van der Waals surface area contributed by atoms with Crippen molar-refractivity contribution in [3.8, 4) is 12.0 Å². The van der Waals surface area contributed by atoms with Crippen molar-refractivity contribution < 1.29 is 13.2 Å². The summed E-state index contributed by atoms with van der Waals surface area (Å²) in [5, 5.41) is 0. The van der Waals surface area contributed by atoms with E-state index in [1.165, 1.54) is 0 Å². The fourth-order valence-corrected chi connectivity index (χ4v) is 0. The fourth-order valence-electron chi connectivity index (χ4n) is 0. The Labute approximate surface area is 79.5 Å². The third-order valence-corrected chi connectivity index (χ3v) is 1.30. The summed E-state index contributed by atoms with van der Waals surface area (Å²) in [4.78, 5) is 0. The third-order valence-electron chi connectivity index (χ3n) is 0.433. The molecule has 0 aliphatic carbocycles. The predicted octanol–water partition coefficient (Wildman–Crippen LogP) is 3.19. The van der Waals surface area contributed by atoms with Crippen molar-refractivity contribution in [2.45, 2.75) is 19.6 Å². The number of terminal acetylenes is 1. The van der Waals surface area contributed by atoms with E-state index in [9.17, 15) is 0 Å². The summed E-state index contributed by atoms with van der Waals surface area (Å²) in [6.07, 6.45) is 5.12. The van der Waals surface area contributed by atoms with E-state index in [1.54, 1.807) is 0 Å². The minimum atomic E-state index is -1.10. The summed E-state index contributed by atoms with van der Waals surface area (Å²) < 4.78 is 0. The number of halogens is 2. The average Bonchev–Trinajstić information content (AvgIpc) is 1.67. The van der Waals surface area contributed by atoms with Crippen LogP contribution in [0.4, 0.5) is 0 Å². The monoisotopic (exact) mass is 320 g/mol. The van der Waals surface area contributed by atoms with Gasteiger partial charge in [-0.05, 0) is 0 Å². The number of hydrogen-bond donors (Lipinski definition) is 0. The Morgan fingerprint density at radius 3 is 1.44 bits per heavy atom. The number of rotatable bonds is 0. The van der Waals surface area contributed by atoms with Crippen molar-refractivity contribution in [1.82, 2.24) is 0 Å². The average molecular weight is 323 g/mol. The summed E-state index contributed by atoms with van der Waals surface area (Å²) in [7, 11) is -1.10. The molecule has 0 aliphatic rings. The summed E-state index contributed by atoms with van der Waals surface area (Å²) in [6, 6.07) is 0. The molecular formula is C5H10Br2SiZn. The second kappa shape index (κ2) is 7.47. The van der Waals surface area contributed by atoms with E-state index >= 15 is 0 Å². The molecule has 0 aliphatic heterocycles. The van der Waals surface area contributed by atoms with E-state index in [2.05, 4.69) is 52.4 Å². The molecule has 0 atom stereocenters. The first-order chi connectivity index (χ1) is 3.97. The molecular weight excluding hydrogens is 313 g/mol. The maximum absolute atomic E-state index is 5.12. The van der Waals surface area contributed by atoms with Gasteiger partial charge in [-0.2, -0.15) is 0 Å². The van der Waals surface area contributed by atoms with Crippen LogP contribution in [-0.2, 0) is 13.2 Å². The zero-order valence-corrected chi connectivity index (χ0v) is 13.2. The standard InChI is InChI=1S/C5H10Si.2BrH.Zn/c1-5-6(2,3)4;;;/h1H,2-4H3;2*1H;/q;;;+2/p-2. The molecule has 9 heavy (non-hydrogen) atoms. The first-order valence-corrected chi connectivity index (χ1v) is 20.0. The Kier molecular flexibility index (Phi) is 10.8. The summed E-state index contributed by atoms with van der Waals surface area (Å²) in [6.45, 7) is 6.44. The molecule has 50 valence electrons. The van der Waals surface area contributed by atoms with Crippen LogP contribution in [0.15, 0.2) is 0 Å². The molecule has 0 bridgehead atoms. The summed E-state index contributed by atoms with van der Waals surface area (Å²) in [5.41, 5.74) is 2.74. The predicted molar refractivity (Wildman–Crippen MR) is 50.0 cm³/mol. The molecule has 0 nitrogen and oxygen atoms in total. The van der Waals surface area contributed by atoms with E-state index in [-0.39, 0.29) is 13.2 Å². The second-order valence-electron chi connectivity index (χ2n) is 2.50. The first-order valence-electron chi connectivity index (χ1n) is 2.57. The molecule has 0 fully saturated rings. The van der Waals surface area contributed by atoms with Gasteiger partial charge in [-0.3, -0.25) is 0 Å². The van der Waals surface area contributed by atoms with Crippen molar-refractivity contribution in [1.29, 1.82) is 0 Å². The van der Waals surface area contributed by atoms with E-state index < -0.39 is 8.07 Å². The molecule has 0 saturated heterocycles. The van der Waals surface area contributed by atoms with Gasteiger partial charge in [-0.15, -0.1) is 12.0 Å². The first kappa shape index (κ1) is 13.0. The molecule has 0 aromatic carbocycles. The van der Waals surface area contributed by atoms with Crippen LogP contribution in [0.1, 0.15) is 0 Å². The van der Waals surface area contributed by atoms with Gasteiger partial charge >= 0.3 is 40.5 Å². The van der Waals surface area contributed by atoms with E-state index in [0.29, 0.717) is 0 Å². The van der Waals surface area contributed by atoms with Crippen LogP contribution in [0.3, 0.4) is 0 Å². The van der Waals surface area contributed by atoms with Crippen LogP contribution in [0.2, 0.25) is 19.6 Å². The van der Waals surface area contributed by atoms with E-state index in [4.69, 9.17) is 6.42 Å². The molecule has 0 aromatic rings. The molecule has 0 spiro atoms. The van der Waals surface area contributed by atoms with Crippen LogP contribution < -0.4 is 0 Å². The van der Waals surface area contributed by atoms with E-state index in [0.717, 1.165) is 0 Å². The summed E-state index contributed by atoms with van der Waals surface area (Å²) >= 11 is 6.25. The molecule has 0 N–H and O–H groups in total. The van der Waals surface area contributed by atoms with Crippen LogP contribution >= 0.6 is 27.2 Å². The normalized spacial score (nSPS) is 8.00. The van der Waals surface area contributed by atoms with Gasteiger partial charge in [0.1, 0.15) is 8.07 Å². The molecule has 0 unspecified atom stereocenters. The van der Waals surface area contributed by atoms with Crippen LogP contribution in [0.25, 0.3) is 0 Å². The minimum absolute atomic E-state index is 0.250. The fraction of sp³-hybridized carbons (Fsp3) is 0.600. The molecule has 0 rings (SSSR count). The van der Waals surface area contributed by atoms with Gasteiger partial charge in [0.05, 0.1) is 0 Å². The zero-order valence-electron chi connectivity index (χ0n) is 6.04. The van der Waals surface area contributed by atoms with Gasteiger partial charge in [-0.25, -0.2) is 0 Å². The molecule has 0 saturated carbocycles. The van der Waals surface area contributed by atoms with Crippen molar-refractivity contribution >= 4 is 35.3 Å². The Morgan fingerprint density at radius 1 is 1.33 bits per heavy atom. The Morgan fingerprint density at radius 2 is 1.44 bits per heavy atom. The van der Waals surface area contributed by atoms with Gasteiger partial charge in [-0.1, -0.05) is 19.6 Å². The van der Waals surface area contributed by atoms with Gasteiger partial charge in [0.2, 0.25) is 0 Å². The Bertz CT molecular complexity index is 92.1. The van der Waals surface area contributed by atoms with Gasteiger partial charge < -0.3 is 0 Å². The maximum atomic E-state index is 5.12. The third kappa shape index (κ3) is 26.7. The van der Waals surface area contributed by atoms with E-state index in [1.807, 2.05) is 0 Å². The molecule has 4 heteroatoms. The van der Waals surface area contributed by atoms with Crippen molar-refractivity contribution in [3.63, 3.8) is 0 Å². The molecule has 0 radical (unpaired) electrons. The van der Waals surface area contributed by atoms with Gasteiger partial charge in [0.15, 0.2) is 0 Å². The Hall–Kier alpha value is 1.36. The molecule has 0 amide bonds. The second-order valence-corrected chi connectivity index (χ2v) is 21.4. The van der Waals surface area contributed by atoms with Gasteiger partial charge in [0.25, 0.3) is 0 Å². The van der Waals surface area contributed by atoms with Crippen LogP contribution in [0.5, 0.6) is 0 Å². The van der Waals surface area contributed by atoms with Crippen molar-refractivity contribution in [2.75, 3.05) is 0 Å². The van der Waals surface area contributed by atoms with Crippen molar-refractivity contribution in [2.24, 2.45) is 0 Å². The molecule has 0 heterocycles. The molecule has 0 aromatic heterocycles. The topological polar surface area (TPSA) is 0 Å². The van der Waals surface area contributed by atoms with Gasteiger partial charge in [0, 0.05) is 0 Å². The SMILES string of the molecule is C#C[Si](C)(C)C.[Br][Zn][Br]. The van der Waals surface area contributed by atoms with Crippen LogP contribution in [-0.4, -0.2) is 8.07 Å². The summed E-state index contributed by atoms with van der Waals surface area (Å²) in [5.74, 6) is 0. The quantitative estimate of drug-likeness (QED) is 0.474. The number of hydrogen-bond acceptors (Lipinski definition) is 0.